The van der Waals surface area contributed by atoms with Crippen molar-refractivity contribution >= 4 is 9.84 Å². The molecule has 0 spiro atoms. The molecule has 20 heavy (non-hydrogen) atoms. The van der Waals surface area contributed by atoms with Crippen molar-refractivity contribution in [3.63, 3.8) is 0 Å². The summed E-state index contributed by atoms with van der Waals surface area (Å²) in [5.41, 5.74) is 0.372. The van der Waals surface area contributed by atoms with E-state index in [2.05, 4.69) is 9.79 Å². The molecule has 0 aliphatic rings. The first-order valence-corrected chi connectivity index (χ1v) is 7.59. The normalized spacial score (nSPS) is 11.9. The molecule has 0 N–H and O–H groups in total. The SMILES string of the molecule is CN(C)CCS(=O)(=O)c1no[n+]([O-])c1-c1ccccc1. The van der Waals surface area contributed by atoms with E-state index in [-0.39, 0.29) is 21.4 Å². The minimum absolute atomic E-state index is 0.0793. The van der Waals surface area contributed by atoms with Crippen LogP contribution in [0, 0.1) is 5.21 Å². The first-order chi connectivity index (χ1) is 9.42. The van der Waals surface area contributed by atoms with Gasteiger partial charge in [0.2, 0.25) is 15.5 Å². The van der Waals surface area contributed by atoms with Crippen molar-refractivity contribution in [2.75, 3.05) is 26.4 Å². The molecule has 0 amide bonds. The van der Waals surface area contributed by atoms with Crippen molar-refractivity contribution in [2.45, 2.75) is 5.03 Å². The van der Waals surface area contributed by atoms with Crippen molar-refractivity contribution in [1.29, 1.82) is 0 Å². The van der Waals surface area contributed by atoms with Crippen LogP contribution in [0.4, 0.5) is 0 Å². The Labute approximate surface area is 116 Å². The predicted molar refractivity (Wildman–Crippen MR) is 71.5 cm³/mol. The molecule has 2 aromatic rings. The van der Waals surface area contributed by atoms with Crippen molar-refractivity contribution in [3.8, 4) is 11.3 Å². The lowest BCUT2D eigenvalue weighted by atomic mass is 10.2. The summed E-state index contributed by atoms with van der Waals surface area (Å²) in [4.78, 5) is 1.86. The van der Waals surface area contributed by atoms with Gasteiger partial charge >= 0.3 is 5.03 Å². The highest BCUT2D eigenvalue weighted by atomic mass is 32.2. The molecule has 0 atom stereocenters. The van der Waals surface area contributed by atoms with Crippen molar-refractivity contribution < 1.29 is 17.9 Å². The summed E-state index contributed by atoms with van der Waals surface area (Å²) in [5, 5.41) is 14.7. The maximum Gasteiger partial charge on any atom is 0.339 e. The Hall–Kier alpha value is -1.93. The fourth-order valence-corrected chi connectivity index (χ4v) is 3.10. The summed E-state index contributed by atoms with van der Waals surface area (Å²) >= 11 is 0. The highest BCUT2D eigenvalue weighted by Gasteiger charge is 2.32. The lowest BCUT2D eigenvalue weighted by Gasteiger charge is -2.07. The molecule has 0 aliphatic heterocycles. The molecule has 1 aromatic heterocycles. The molecule has 1 aromatic carbocycles. The van der Waals surface area contributed by atoms with Crippen LogP contribution in [0.15, 0.2) is 40.0 Å². The number of hydrogen-bond donors (Lipinski definition) is 0. The van der Waals surface area contributed by atoms with Crippen LogP contribution in [0.1, 0.15) is 0 Å². The van der Waals surface area contributed by atoms with Gasteiger partial charge in [-0.15, -0.1) is 0 Å². The third kappa shape index (κ3) is 2.97. The standard InChI is InChI=1S/C12H15N3O4S/c1-14(2)8-9-20(17,18)12-11(15(16)19-13-12)10-6-4-3-5-7-10/h3-7H,8-9H2,1-2H3. The van der Waals surface area contributed by atoms with Crippen molar-refractivity contribution in [3.05, 3.63) is 35.5 Å². The molecule has 2 rings (SSSR count). The van der Waals surface area contributed by atoms with Gasteiger partial charge in [0, 0.05) is 12.1 Å². The number of hydrogen-bond acceptors (Lipinski definition) is 6. The van der Waals surface area contributed by atoms with Gasteiger partial charge in [-0.1, -0.05) is 30.3 Å². The topological polar surface area (TPSA) is 90.4 Å². The quantitative estimate of drug-likeness (QED) is 0.738. The number of rotatable bonds is 5. The Bertz CT molecular complexity index is 680. The van der Waals surface area contributed by atoms with Gasteiger partial charge in [-0.25, -0.2) is 8.42 Å². The number of sulfone groups is 1. The summed E-state index contributed by atoms with van der Waals surface area (Å²) in [5.74, 6) is -0.133. The highest BCUT2D eigenvalue weighted by molar-refractivity contribution is 7.91. The Morgan fingerprint density at radius 1 is 1.30 bits per heavy atom. The van der Waals surface area contributed by atoms with E-state index in [9.17, 15) is 13.6 Å². The van der Waals surface area contributed by atoms with Gasteiger partial charge in [-0.2, -0.15) is 0 Å². The third-order valence-corrected chi connectivity index (χ3v) is 4.31. The number of aromatic nitrogens is 2. The van der Waals surface area contributed by atoms with Gasteiger partial charge in [-0.05, 0) is 19.0 Å². The second kappa shape index (κ2) is 5.59. The van der Waals surface area contributed by atoms with Crippen LogP contribution in [0.2, 0.25) is 0 Å². The fourth-order valence-electron chi connectivity index (χ4n) is 1.66. The van der Waals surface area contributed by atoms with Crippen molar-refractivity contribution in [1.82, 2.24) is 10.1 Å². The first kappa shape index (κ1) is 14.5. The van der Waals surface area contributed by atoms with Crippen LogP contribution in [0.25, 0.3) is 11.3 Å². The zero-order valence-electron chi connectivity index (χ0n) is 11.2. The van der Waals surface area contributed by atoms with Crippen LogP contribution in [-0.4, -0.2) is 44.9 Å². The van der Waals surface area contributed by atoms with Crippen molar-refractivity contribution in [2.24, 2.45) is 0 Å². The van der Waals surface area contributed by atoms with Gasteiger partial charge in [0.15, 0.2) is 0 Å². The van der Waals surface area contributed by atoms with Crippen LogP contribution in [0.5, 0.6) is 0 Å². The second-order valence-corrected chi connectivity index (χ2v) is 6.60. The van der Waals surface area contributed by atoms with E-state index in [0.717, 1.165) is 0 Å². The largest absolute Gasteiger partial charge is 0.359 e. The molecular formula is C12H15N3O4S. The van der Waals surface area contributed by atoms with E-state index in [1.807, 2.05) is 0 Å². The maximum absolute atomic E-state index is 12.2. The predicted octanol–water partition coefficient (Wildman–Crippen LogP) is 0.310. The molecular weight excluding hydrogens is 282 g/mol. The van der Waals surface area contributed by atoms with E-state index in [1.54, 1.807) is 49.3 Å². The Kier molecular flexibility index (Phi) is 4.05. The fraction of sp³-hybridized carbons (Fsp3) is 0.333. The smallest absolute Gasteiger partial charge is 0.339 e. The van der Waals surface area contributed by atoms with Gasteiger partial charge in [0.1, 0.15) is 0 Å². The van der Waals surface area contributed by atoms with Gasteiger partial charge < -0.3 is 10.1 Å². The summed E-state index contributed by atoms with van der Waals surface area (Å²) in [6.07, 6.45) is 0. The lowest BCUT2D eigenvalue weighted by molar-refractivity contribution is -0.793. The average Bonchev–Trinajstić information content (AvgIpc) is 2.80. The van der Waals surface area contributed by atoms with E-state index >= 15 is 0 Å². The zero-order valence-corrected chi connectivity index (χ0v) is 12.0. The van der Waals surface area contributed by atoms with Gasteiger partial charge in [0.25, 0.3) is 0 Å². The summed E-state index contributed by atoms with van der Waals surface area (Å²) in [7, 11) is -0.145. The zero-order chi connectivity index (χ0) is 14.8. The second-order valence-electron chi connectivity index (χ2n) is 4.57. The molecule has 0 saturated heterocycles. The maximum atomic E-state index is 12.2. The van der Waals surface area contributed by atoms with Crippen LogP contribution >= 0.6 is 0 Å². The third-order valence-electron chi connectivity index (χ3n) is 2.73. The first-order valence-electron chi connectivity index (χ1n) is 5.94. The number of nitrogens with zero attached hydrogens (tertiary/aromatic N) is 3. The van der Waals surface area contributed by atoms with E-state index in [4.69, 9.17) is 0 Å². The van der Waals surface area contributed by atoms with E-state index in [0.29, 0.717) is 12.1 Å². The Balaban J connectivity index is 2.44. The monoisotopic (exact) mass is 297 g/mol. The summed E-state index contributed by atoms with van der Waals surface area (Å²) < 4.78 is 28.9. The van der Waals surface area contributed by atoms with Gasteiger partial charge in [-0.3, -0.25) is 4.63 Å². The molecule has 0 fully saturated rings. The van der Waals surface area contributed by atoms with Gasteiger partial charge in [0.05, 0.1) is 10.9 Å². The average molecular weight is 297 g/mol. The molecule has 0 saturated carbocycles. The molecule has 0 bridgehead atoms. The van der Waals surface area contributed by atoms with E-state index < -0.39 is 9.84 Å². The van der Waals surface area contributed by atoms with E-state index in [1.165, 1.54) is 0 Å². The van der Waals surface area contributed by atoms with Crippen LogP contribution < -0.4 is 4.90 Å². The molecule has 8 heteroatoms. The van der Waals surface area contributed by atoms with Crippen LogP contribution in [-0.2, 0) is 9.84 Å². The van der Waals surface area contributed by atoms with Crippen LogP contribution in [0.3, 0.4) is 0 Å². The Morgan fingerprint density at radius 2 is 1.95 bits per heavy atom. The summed E-state index contributed by atoms with van der Waals surface area (Å²) in [6.45, 7) is 0.336. The molecule has 0 aliphatic carbocycles. The summed E-state index contributed by atoms with van der Waals surface area (Å²) in [6, 6.07) is 8.45. The minimum atomic E-state index is -3.68. The lowest BCUT2D eigenvalue weighted by Crippen LogP contribution is -2.27. The molecule has 7 nitrogen and oxygen atoms in total. The minimum Gasteiger partial charge on any atom is -0.359 e. The Morgan fingerprint density at radius 3 is 2.55 bits per heavy atom. The molecule has 1 heterocycles. The molecule has 0 unspecified atom stereocenters. The molecule has 108 valence electrons. The number of benzene rings is 1. The highest BCUT2D eigenvalue weighted by Crippen LogP contribution is 2.23. The molecule has 0 radical (unpaired) electrons.